The molecule has 2 saturated heterocycles. The molecule has 1 N–H and O–H groups in total. The fourth-order valence-electron chi connectivity index (χ4n) is 6.57. The summed E-state index contributed by atoms with van der Waals surface area (Å²) in [5.74, 6) is 1.43. The third-order valence-corrected chi connectivity index (χ3v) is 8.61. The molecule has 3 heterocycles. The molecule has 0 unspecified atom stereocenters. The number of likely N-dealkylation sites (tertiary alicyclic amines) is 1. The summed E-state index contributed by atoms with van der Waals surface area (Å²) in [5.41, 5.74) is 3.38. The van der Waals surface area contributed by atoms with Crippen LogP contribution in [0.1, 0.15) is 47.9 Å². The summed E-state index contributed by atoms with van der Waals surface area (Å²) in [4.78, 5) is 16.6. The number of benzene rings is 3. The van der Waals surface area contributed by atoms with Crippen LogP contribution >= 0.6 is 11.6 Å². The molecule has 0 aromatic heterocycles. The highest BCUT2D eigenvalue weighted by molar-refractivity contribution is 6.30. The van der Waals surface area contributed by atoms with Crippen LogP contribution in [0.15, 0.2) is 78.9 Å². The van der Waals surface area contributed by atoms with Crippen LogP contribution < -0.4 is 10.1 Å². The Hall–Kier alpha value is -2.82. The molecule has 0 aliphatic carbocycles. The lowest BCUT2D eigenvalue weighted by atomic mass is 9.68. The van der Waals surface area contributed by atoms with E-state index in [1.54, 1.807) is 0 Å². The number of rotatable bonds is 3. The van der Waals surface area contributed by atoms with Crippen molar-refractivity contribution in [1.82, 2.24) is 10.2 Å². The Labute approximate surface area is 212 Å². The minimum Gasteiger partial charge on any atom is -0.493 e. The van der Waals surface area contributed by atoms with Gasteiger partial charge in [-0.3, -0.25) is 4.79 Å². The first-order chi connectivity index (χ1) is 17.2. The average molecular weight is 487 g/mol. The van der Waals surface area contributed by atoms with Crippen LogP contribution in [0, 0.1) is 5.92 Å². The van der Waals surface area contributed by atoms with Gasteiger partial charge in [-0.05, 0) is 54.5 Å². The molecule has 3 aliphatic heterocycles. The van der Waals surface area contributed by atoms with Crippen molar-refractivity contribution in [3.05, 3.63) is 101 Å². The van der Waals surface area contributed by atoms with Gasteiger partial charge >= 0.3 is 0 Å². The summed E-state index contributed by atoms with van der Waals surface area (Å²) in [6, 6.07) is 27.2. The Morgan fingerprint density at radius 3 is 2.51 bits per heavy atom. The second-order valence-electron chi connectivity index (χ2n) is 10.2. The molecule has 3 aliphatic rings. The number of amides is 1. The smallest absolute Gasteiger partial charge is 0.228 e. The number of carbonyl (C=O) groups is 1. The third kappa shape index (κ3) is 4.03. The molecule has 0 radical (unpaired) electrons. The normalized spacial score (nSPS) is 27.9. The highest BCUT2D eigenvalue weighted by atomic mass is 35.5. The summed E-state index contributed by atoms with van der Waals surface area (Å²) in [6.07, 6.45) is 2.75. The van der Waals surface area contributed by atoms with Gasteiger partial charge in [0.05, 0.1) is 18.6 Å². The van der Waals surface area contributed by atoms with E-state index < -0.39 is 0 Å². The van der Waals surface area contributed by atoms with Crippen LogP contribution in [0.2, 0.25) is 5.02 Å². The number of hydrogen-bond donors (Lipinski definition) is 1. The standard InChI is InChI=1S/C30H31ClN2O2/c31-24-11-12-28-25(18-24)30(14-16-35-28)20-32-19-26(30)29(34)33-15-13-23(21-7-3-1-4-8-21)17-27(33)22-9-5-2-6-10-22/h1-12,18,23,26-27,32H,13-17,19-20H2/t23-,26+,27+,30+/m1/s1. The van der Waals surface area contributed by atoms with Crippen molar-refractivity contribution in [3.8, 4) is 5.75 Å². The third-order valence-electron chi connectivity index (χ3n) is 8.38. The fourth-order valence-corrected chi connectivity index (χ4v) is 6.74. The molecule has 4 atom stereocenters. The molecular weight excluding hydrogens is 456 g/mol. The van der Waals surface area contributed by atoms with Crippen molar-refractivity contribution in [2.24, 2.45) is 5.92 Å². The van der Waals surface area contributed by atoms with Crippen molar-refractivity contribution < 1.29 is 9.53 Å². The van der Waals surface area contributed by atoms with E-state index in [9.17, 15) is 4.79 Å². The van der Waals surface area contributed by atoms with Crippen LogP contribution in [0.4, 0.5) is 0 Å². The van der Waals surface area contributed by atoms with E-state index in [2.05, 4.69) is 64.8 Å². The van der Waals surface area contributed by atoms with E-state index in [0.717, 1.165) is 43.7 Å². The number of hydrogen-bond acceptors (Lipinski definition) is 3. The first-order valence-electron chi connectivity index (χ1n) is 12.7. The van der Waals surface area contributed by atoms with Crippen molar-refractivity contribution in [1.29, 1.82) is 0 Å². The van der Waals surface area contributed by atoms with Gasteiger partial charge in [-0.15, -0.1) is 0 Å². The summed E-state index contributed by atoms with van der Waals surface area (Å²) < 4.78 is 5.98. The largest absolute Gasteiger partial charge is 0.493 e. The minimum absolute atomic E-state index is 0.0685. The van der Waals surface area contributed by atoms with Gasteiger partial charge in [-0.1, -0.05) is 72.3 Å². The zero-order valence-electron chi connectivity index (χ0n) is 19.8. The van der Waals surface area contributed by atoms with Crippen molar-refractivity contribution in [3.63, 3.8) is 0 Å². The van der Waals surface area contributed by atoms with Crippen molar-refractivity contribution in [2.75, 3.05) is 26.2 Å². The molecule has 0 bridgehead atoms. The maximum atomic E-state index is 14.4. The fraction of sp³-hybridized carbons (Fsp3) is 0.367. The first kappa shape index (κ1) is 22.6. The highest BCUT2D eigenvalue weighted by Crippen LogP contribution is 2.49. The predicted octanol–water partition coefficient (Wildman–Crippen LogP) is 5.73. The first-order valence-corrected chi connectivity index (χ1v) is 13.1. The summed E-state index contributed by atoms with van der Waals surface area (Å²) in [7, 11) is 0. The van der Waals surface area contributed by atoms with Gasteiger partial charge in [0.1, 0.15) is 5.75 Å². The van der Waals surface area contributed by atoms with Crippen LogP contribution in [-0.2, 0) is 10.2 Å². The SMILES string of the molecule is O=C([C@@H]1CNC[C@]12CCOc1ccc(Cl)cc12)N1CC[C@@H](c2ccccc2)C[C@H]1c1ccccc1. The van der Waals surface area contributed by atoms with Gasteiger partial charge in [0.25, 0.3) is 0 Å². The Balaban J connectivity index is 1.34. The lowest BCUT2D eigenvalue weighted by Gasteiger charge is -2.45. The molecule has 3 aromatic rings. The molecule has 1 amide bonds. The van der Waals surface area contributed by atoms with Crippen LogP contribution in [-0.4, -0.2) is 37.0 Å². The lowest BCUT2D eigenvalue weighted by Crippen LogP contribution is -2.50. The second-order valence-corrected chi connectivity index (χ2v) is 10.6. The summed E-state index contributed by atoms with van der Waals surface area (Å²) >= 11 is 6.42. The number of piperidine rings is 1. The summed E-state index contributed by atoms with van der Waals surface area (Å²) in [6.45, 7) is 2.85. The zero-order chi connectivity index (χ0) is 23.8. The Morgan fingerprint density at radius 1 is 1.00 bits per heavy atom. The van der Waals surface area contributed by atoms with Gasteiger partial charge in [0, 0.05) is 35.6 Å². The lowest BCUT2D eigenvalue weighted by molar-refractivity contribution is -0.141. The Kier molecular flexibility index (Phi) is 6.03. The maximum Gasteiger partial charge on any atom is 0.228 e. The topological polar surface area (TPSA) is 41.6 Å². The molecule has 4 nitrogen and oxygen atoms in total. The molecule has 6 rings (SSSR count). The molecular formula is C30H31ClN2O2. The predicted molar refractivity (Wildman–Crippen MR) is 139 cm³/mol. The van der Waals surface area contributed by atoms with E-state index in [1.807, 2.05) is 24.3 Å². The van der Waals surface area contributed by atoms with Crippen LogP contribution in [0.5, 0.6) is 5.75 Å². The van der Waals surface area contributed by atoms with E-state index in [1.165, 1.54) is 11.1 Å². The zero-order valence-corrected chi connectivity index (χ0v) is 20.6. The minimum atomic E-state index is -0.285. The van der Waals surface area contributed by atoms with Crippen molar-refractivity contribution in [2.45, 2.75) is 36.6 Å². The summed E-state index contributed by atoms with van der Waals surface area (Å²) in [5, 5.41) is 4.25. The molecule has 5 heteroatoms. The number of carbonyl (C=O) groups excluding carboxylic acids is 1. The molecule has 2 fully saturated rings. The van der Waals surface area contributed by atoms with Gasteiger partial charge in [0.15, 0.2) is 0 Å². The van der Waals surface area contributed by atoms with Crippen LogP contribution in [0.3, 0.4) is 0 Å². The molecule has 35 heavy (non-hydrogen) atoms. The molecule has 0 saturated carbocycles. The van der Waals surface area contributed by atoms with E-state index in [0.29, 0.717) is 24.1 Å². The molecule has 1 spiro atoms. The quantitative estimate of drug-likeness (QED) is 0.514. The van der Waals surface area contributed by atoms with Gasteiger partial charge < -0.3 is 15.0 Å². The Bertz CT molecular complexity index is 1200. The second kappa shape index (κ2) is 9.33. The monoisotopic (exact) mass is 486 g/mol. The van der Waals surface area contributed by atoms with E-state index in [-0.39, 0.29) is 23.3 Å². The molecule has 180 valence electrons. The Morgan fingerprint density at radius 2 is 1.74 bits per heavy atom. The van der Waals surface area contributed by atoms with Crippen LogP contribution in [0.25, 0.3) is 0 Å². The van der Waals surface area contributed by atoms with E-state index >= 15 is 0 Å². The number of nitrogens with one attached hydrogen (secondary N) is 1. The highest BCUT2D eigenvalue weighted by Gasteiger charge is 2.52. The van der Waals surface area contributed by atoms with Gasteiger partial charge in [0.2, 0.25) is 5.91 Å². The number of fused-ring (bicyclic) bond motifs is 2. The number of halogens is 1. The number of ether oxygens (including phenoxy) is 1. The molecule has 3 aromatic carbocycles. The van der Waals surface area contributed by atoms with Crippen molar-refractivity contribution >= 4 is 17.5 Å². The van der Waals surface area contributed by atoms with Gasteiger partial charge in [-0.25, -0.2) is 0 Å². The number of nitrogens with zero attached hydrogens (tertiary/aromatic N) is 1. The maximum absolute atomic E-state index is 14.4. The van der Waals surface area contributed by atoms with E-state index in [4.69, 9.17) is 16.3 Å². The average Bonchev–Trinajstić information content (AvgIpc) is 3.33. The van der Waals surface area contributed by atoms with Gasteiger partial charge in [-0.2, -0.15) is 0 Å².